The number of carbonyl (C=O) groups is 1. The van der Waals surface area contributed by atoms with Crippen molar-refractivity contribution >= 4 is 5.91 Å². The van der Waals surface area contributed by atoms with Crippen molar-refractivity contribution < 1.29 is 9.18 Å². The molecule has 0 aromatic heterocycles. The number of carbonyl (C=O) groups excluding carboxylic acids is 1. The molecule has 1 rings (SSSR count). The van der Waals surface area contributed by atoms with Crippen LogP contribution in [-0.2, 0) is 4.79 Å². The summed E-state index contributed by atoms with van der Waals surface area (Å²) >= 11 is 0. The van der Waals surface area contributed by atoms with Crippen molar-refractivity contribution in [3.8, 4) is 0 Å². The van der Waals surface area contributed by atoms with Gasteiger partial charge in [0.2, 0.25) is 5.91 Å². The largest absolute Gasteiger partial charge is 0.350 e. The van der Waals surface area contributed by atoms with Gasteiger partial charge in [0.1, 0.15) is 5.82 Å². The fourth-order valence-electron chi connectivity index (χ4n) is 1.28. The van der Waals surface area contributed by atoms with Gasteiger partial charge >= 0.3 is 0 Å². The maximum Gasteiger partial charge on any atom is 0.221 e. The predicted molar refractivity (Wildman–Crippen MR) is 56.6 cm³/mol. The van der Waals surface area contributed by atoms with E-state index in [1.807, 2.05) is 6.92 Å². The highest BCUT2D eigenvalue weighted by Crippen LogP contribution is 2.12. The average molecular weight is 210 g/mol. The number of amides is 1. The fourth-order valence-corrected chi connectivity index (χ4v) is 1.28. The lowest BCUT2D eigenvalue weighted by Gasteiger charge is -2.13. The second-order valence-electron chi connectivity index (χ2n) is 3.38. The van der Waals surface area contributed by atoms with Gasteiger partial charge in [-0.25, -0.2) is 4.39 Å². The first-order chi connectivity index (χ1) is 7.13. The number of rotatable bonds is 4. The molecule has 3 nitrogen and oxygen atoms in total. The Morgan fingerprint density at radius 1 is 1.47 bits per heavy atom. The van der Waals surface area contributed by atoms with Crippen LogP contribution in [0.25, 0.3) is 0 Å². The van der Waals surface area contributed by atoms with Crippen molar-refractivity contribution in [1.29, 1.82) is 0 Å². The molecule has 0 aliphatic rings. The first-order valence-electron chi connectivity index (χ1n) is 4.88. The smallest absolute Gasteiger partial charge is 0.221 e. The third-order valence-corrected chi connectivity index (χ3v) is 2.12. The molecule has 15 heavy (non-hydrogen) atoms. The molecule has 0 aliphatic carbocycles. The molecule has 1 atom stereocenters. The zero-order valence-corrected chi connectivity index (χ0v) is 8.66. The van der Waals surface area contributed by atoms with Crippen LogP contribution in [0.2, 0.25) is 0 Å². The number of nitrogens with two attached hydrogens (primary N) is 1. The summed E-state index contributed by atoms with van der Waals surface area (Å²) in [6.07, 6.45) is 0.311. The zero-order valence-electron chi connectivity index (χ0n) is 8.66. The molecule has 0 fully saturated rings. The monoisotopic (exact) mass is 210 g/mol. The molecule has 3 N–H and O–H groups in total. The van der Waals surface area contributed by atoms with Crippen LogP contribution in [0.1, 0.15) is 24.9 Å². The Labute approximate surface area is 88.5 Å². The van der Waals surface area contributed by atoms with Crippen molar-refractivity contribution in [3.63, 3.8) is 0 Å². The summed E-state index contributed by atoms with van der Waals surface area (Å²) in [5.74, 6) is -0.367. The minimum atomic E-state index is -0.278. The minimum Gasteiger partial charge on any atom is -0.350 e. The van der Waals surface area contributed by atoms with E-state index in [1.165, 1.54) is 12.1 Å². The summed E-state index contributed by atoms with van der Waals surface area (Å²) in [7, 11) is 0. The van der Waals surface area contributed by atoms with Crippen molar-refractivity contribution in [1.82, 2.24) is 5.32 Å². The van der Waals surface area contributed by atoms with E-state index < -0.39 is 0 Å². The van der Waals surface area contributed by atoms with Gasteiger partial charge in [-0.2, -0.15) is 0 Å². The standard InChI is InChI=1S/C11H15FN2O/c1-8(14-11(15)6-7-13)9-2-4-10(12)5-3-9/h2-5,8H,6-7,13H2,1H3,(H,14,15). The van der Waals surface area contributed by atoms with Gasteiger partial charge in [0.15, 0.2) is 0 Å². The third kappa shape index (κ3) is 3.67. The highest BCUT2D eigenvalue weighted by Gasteiger charge is 2.08. The molecule has 4 heteroatoms. The van der Waals surface area contributed by atoms with Gasteiger partial charge in [-0.3, -0.25) is 4.79 Å². The normalized spacial score (nSPS) is 12.2. The lowest BCUT2D eigenvalue weighted by atomic mass is 10.1. The van der Waals surface area contributed by atoms with E-state index in [2.05, 4.69) is 5.32 Å². The molecule has 1 aromatic rings. The molecule has 0 saturated heterocycles. The molecule has 0 spiro atoms. The lowest BCUT2D eigenvalue weighted by molar-refractivity contribution is -0.121. The van der Waals surface area contributed by atoms with Gasteiger partial charge in [-0.05, 0) is 24.6 Å². The van der Waals surface area contributed by atoms with Crippen LogP contribution in [0, 0.1) is 5.82 Å². The quantitative estimate of drug-likeness (QED) is 0.788. The molecular formula is C11H15FN2O. The molecule has 1 unspecified atom stereocenters. The van der Waals surface area contributed by atoms with E-state index in [-0.39, 0.29) is 17.8 Å². The minimum absolute atomic E-state index is 0.0886. The molecule has 0 saturated carbocycles. The zero-order chi connectivity index (χ0) is 11.3. The Morgan fingerprint density at radius 3 is 2.60 bits per heavy atom. The Morgan fingerprint density at radius 2 is 2.07 bits per heavy atom. The predicted octanol–water partition coefficient (Wildman–Crippen LogP) is 1.35. The summed E-state index contributed by atoms with van der Waals surface area (Å²) in [6.45, 7) is 2.18. The number of hydrogen-bond acceptors (Lipinski definition) is 2. The van der Waals surface area contributed by atoms with Crippen LogP contribution < -0.4 is 11.1 Å². The second-order valence-corrected chi connectivity index (χ2v) is 3.38. The molecule has 0 bridgehead atoms. The van der Waals surface area contributed by atoms with Crippen LogP contribution in [0.3, 0.4) is 0 Å². The van der Waals surface area contributed by atoms with E-state index in [4.69, 9.17) is 5.73 Å². The Balaban J connectivity index is 2.57. The molecule has 1 amide bonds. The number of benzene rings is 1. The van der Waals surface area contributed by atoms with Crippen LogP contribution in [0.4, 0.5) is 4.39 Å². The summed E-state index contributed by atoms with van der Waals surface area (Å²) in [5, 5.41) is 2.78. The topological polar surface area (TPSA) is 55.1 Å². The first kappa shape index (κ1) is 11.7. The fraction of sp³-hybridized carbons (Fsp3) is 0.364. The van der Waals surface area contributed by atoms with Gasteiger partial charge in [-0.1, -0.05) is 12.1 Å². The summed E-state index contributed by atoms with van der Waals surface area (Å²) in [4.78, 5) is 11.2. The summed E-state index contributed by atoms with van der Waals surface area (Å²) < 4.78 is 12.6. The van der Waals surface area contributed by atoms with Crippen LogP contribution in [-0.4, -0.2) is 12.5 Å². The van der Waals surface area contributed by atoms with Crippen LogP contribution in [0.15, 0.2) is 24.3 Å². The number of hydrogen-bond donors (Lipinski definition) is 2. The SMILES string of the molecule is CC(NC(=O)CCN)c1ccc(F)cc1. The van der Waals surface area contributed by atoms with Crippen molar-refractivity contribution in [2.24, 2.45) is 5.73 Å². The van der Waals surface area contributed by atoms with E-state index in [1.54, 1.807) is 12.1 Å². The van der Waals surface area contributed by atoms with E-state index >= 15 is 0 Å². The average Bonchev–Trinajstić information content (AvgIpc) is 2.18. The van der Waals surface area contributed by atoms with Gasteiger partial charge < -0.3 is 11.1 Å². The van der Waals surface area contributed by atoms with E-state index in [0.717, 1.165) is 5.56 Å². The molecule has 0 heterocycles. The van der Waals surface area contributed by atoms with E-state index in [9.17, 15) is 9.18 Å². The van der Waals surface area contributed by atoms with E-state index in [0.29, 0.717) is 13.0 Å². The Bertz CT molecular complexity index is 324. The maximum absolute atomic E-state index is 12.6. The van der Waals surface area contributed by atoms with Gasteiger partial charge in [0, 0.05) is 13.0 Å². The van der Waals surface area contributed by atoms with Gasteiger partial charge in [-0.15, -0.1) is 0 Å². The van der Waals surface area contributed by atoms with Gasteiger partial charge in [0.05, 0.1) is 6.04 Å². The van der Waals surface area contributed by atoms with Crippen molar-refractivity contribution in [2.45, 2.75) is 19.4 Å². The van der Waals surface area contributed by atoms with Crippen molar-refractivity contribution in [2.75, 3.05) is 6.54 Å². The first-order valence-corrected chi connectivity index (χ1v) is 4.88. The third-order valence-electron chi connectivity index (χ3n) is 2.12. The Kier molecular flexibility index (Phi) is 4.24. The molecule has 0 radical (unpaired) electrons. The van der Waals surface area contributed by atoms with Crippen LogP contribution in [0.5, 0.6) is 0 Å². The summed E-state index contributed by atoms with van der Waals surface area (Å²) in [5.41, 5.74) is 6.13. The lowest BCUT2D eigenvalue weighted by Crippen LogP contribution is -2.28. The van der Waals surface area contributed by atoms with Crippen molar-refractivity contribution in [3.05, 3.63) is 35.6 Å². The number of nitrogens with one attached hydrogen (secondary N) is 1. The molecule has 1 aromatic carbocycles. The Hall–Kier alpha value is -1.42. The highest BCUT2D eigenvalue weighted by atomic mass is 19.1. The highest BCUT2D eigenvalue weighted by molar-refractivity contribution is 5.76. The molecule has 0 aliphatic heterocycles. The molecule has 82 valence electrons. The second kappa shape index (κ2) is 5.46. The summed E-state index contributed by atoms with van der Waals surface area (Å²) in [6, 6.07) is 5.94. The molecular weight excluding hydrogens is 195 g/mol. The van der Waals surface area contributed by atoms with Gasteiger partial charge in [0.25, 0.3) is 0 Å². The van der Waals surface area contributed by atoms with Crippen LogP contribution >= 0.6 is 0 Å². The number of halogens is 1. The maximum atomic E-state index is 12.6.